The molecule has 1 saturated heterocycles. The minimum atomic E-state index is -0.254. The highest BCUT2D eigenvalue weighted by atomic mass is 16.2. The molecule has 1 aliphatic carbocycles. The van der Waals surface area contributed by atoms with Crippen molar-refractivity contribution in [1.82, 2.24) is 25.5 Å². The topological polar surface area (TPSA) is 90.5 Å². The second kappa shape index (κ2) is 8.41. The molecule has 3 aliphatic rings. The van der Waals surface area contributed by atoms with Gasteiger partial charge in [0.05, 0.1) is 30.2 Å². The summed E-state index contributed by atoms with van der Waals surface area (Å²) in [6.45, 7) is 1.08. The lowest BCUT2D eigenvalue weighted by molar-refractivity contribution is 0.0658. The summed E-state index contributed by atoms with van der Waals surface area (Å²) < 4.78 is 0. The summed E-state index contributed by atoms with van der Waals surface area (Å²) in [5.41, 5.74) is 4.16. The summed E-state index contributed by atoms with van der Waals surface area (Å²) in [6, 6.07) is 16.2. The quantitative estimate of drug-likeness (QED) is 0.592. The third kappa shape index (κ3) is 3.55. The minimum Gasteiger partial charge on any atom is -0.348 e. The summed E-state index contributed by atoms with van der Waals surface area (Å²) in [5, 5.41) is 6.15. The number of rotatable bonds is 4. The molecule has 0 atom stereocenters. The lowest BCUT2D eigenvalue weighted by atomic mass is 9.69. The van der Waals surface area contributed by atoms with E-state index < -0.39 is 0 Å². The molecule has 0 bridgehead atoms. The summed E-state index contributed by atoms with van der Waals surface area (Å²) in [5.74, 6) is 0.484. The Hall–Kier alpha value is -3.78. The van der Waals surface area contributed by atoms with Gasteiger partial charge in [-0.25, -0.2) is 14.8 Å². The molecule has 8 heteroatoms. The molecule has 8 nitrogen and oxygen atoms in total. The minimum absolute atomic E-state index is 0.0262. The van der Waals surface area contributed by atoms with Gasteiger partial charge in [0.1, 0.15) is 0 Å². The fourth-order valence-electron chi connectivity index (χ4n) is 6.15. The average molecular weight is 483 g/mol. The van der Waals surface area contributed by atoms with Crippen molar-refractivity contribution in [1.29, 1.82) is 0 Å². The highest BCUT2D eigenvalue weighted by Gasteiger charge is 2.50. The molecule has 36 heavy (non-hydrogen) atoms. The number of urea groups is 1. The van der Waals surface area contributed by atoms with Crippen LogP contribution in [0.5, 0.6) is 0 Å². The Morgan fingerprint density at radius 2 is 1.58 bits per heavy atom. The highest BCUT2D eigenvalue weighted by molar-refractivity contribution is 6.00. The Bertz CT molecular complexity index is 1310. The van der Waals surface area contributed by atoms with Gasteiger partial charge in [0.25, 0.3) is 5.91 Å². The van der Waals surface area contributed by atoms with Crippen molar-refractivity contribution >= 4 is 17.6 Å². The van der Waals surface area contributed by atoms with Crippen LogP contribution < -0.4 is 15.5 Å². The second-order valence-corrected chi connectivity index (χ2v) is 10.4. The van der Waals surface area contributed by atoms with E-state index >= 15 is 0 Å². The van der Waals surface area contributed by atoms with Crippen LogP contribution >= 0.6 is 0 Å². The molecule has 6 rings (SSSR count). The molecule has 3 amide bonds. The van der Waals surface area contributed by atoms with E-state index in [9.17, 15) is 9.59 Å². The Morgan fingerprint density at radius 1 is 0.889 bits per heavy atom. The van der Waals surface area contributed by atoms with Crippen LogP contribution in [-0.2, 0) is 12.1 Å². The first-order valence-corrected chi connectivity index (χ1v) is 12.5. The third-order valence-corrected chi connectivity index (χ3v) is 8.32. The van der Waals surface area contributed by atoms with Gasteiger partial charge in [0.2, 0.25) is 0 Å². The number of nitrogens with one attached hydrogen (secondary N) is 2. The molecule has 0 unspecified atom stereocenters. The zero-order chi connectivity index (χ0) is 24.9. The van der Waals surface area contributed by atoms with Gasteiger partial charge in [0, 0.05) is 23.2 Å². The lowest BCUT2D eigenvalue weighted by Crippen LogP contribution is -2.54. The summed E-state index contributed by atoms with van der Waals surface area (Å²) >= 11 is 0. The first kappa shape index (κ1) is 22.7. The number of carbonyl (C=O) groups excluding carboxylic acids is 2. The molecule has 3 heterocycles. The number of anilines is 1. The molecule has 1 saturated carbocycles. The molecular formula is C28H30N6O2. The lowest BCUT2D eigenvalue weighted by Gasteiger charge is -2.48. The van der Waals surface area contributed by atoms with E-state index in [1.54, 1.807) is 17.3 Å². The van der Waals surface area contributed by atoms with E-state index in [2.05, 4.69) is 69.9 Å². The molecular weight excluding hydrogens is 452 g/mol. The van der Waals surface area contributed by atoms with E-state index in [0.29, 0.717) is 30.2 Å². The Morgan fingerprint density at radius 3 is 2.28 bits per heavy atom. The Kier molecular flexibility index (Phi) is 5.30. The summed E-state index contributed by atoms with van der Waals surface area (Å²) in [7, 11) is 4.30. The van der Waals surface area contributed by atoms with E-state index in [-0.39, 0.29) is 23.0 Å². The molecule has 1 spiro atoms. The Balaban J connectivity index is 1.21. The molecule has 2 fully saturated rings. The predicted molar refractivity (Wildman–Crippen MR) is 138 cm³/mol. The molecule has 0 radical (unpaired) electrons. The van der Waals surface area contributed by atoms with Crippen molar-refractivity contribution in [2.75, 3.05) is 25.5 Å². The molecule has 2 aromatic carbocycles. The van der Waals surface area contributed by atoms with Crippen LogP contribution in [0.15, 0.2) is 60.9 Å². The van der Waals surface area contributed by atoms with Crippen LogP contribution in [-0.4, -0.2) is 53.0 Å². The number of fused-ring (bicyclic) bond motifs is 1. The zero-order valence-electron chi connectivity index (χ0n) is 20.6. The van der Waals surface area contributed by atoms with E-state index in [1.807, 2.05) is 18.2 Å². The normalized spacial score (nSPS) is 25.2. The van der Waals surface area contributed by atoms with Gasteiger partial charge in [-0.2, -0.15) is 0 Å². The number of hydrogen-bond acceptors (Lipinski definition) is 5. The van der Waals surface area contributed by atoms with Gasteiger partial charge < -0.3 is 10.6 Å². The van der Waals surface area contributed by atoms with Crippen LogP contribution in [0.2, 0.25) is 0 Å². The van der Waals surface area contributed by atoms with Crippen molar-refractivity contribution < 1.29 is 9.59 Å². The summed E-state index contributed by atoms with van der Waals surface area (Å²) in [4.78, 5) is 38.3. The molecule has 184 valence electrons. The number of hydrogen-bond donors (Lipinski definition) is 2. The monoisotopic (exact) mass is 482 g/mol. The molecule has 2 aliphatic heterocycles. The van der Waals surface area contributed by atoms with E-state index in [0.717, 1.165) is 36.8 Å². The number of aromatic nitrogens is 2. The maximum Gasteiger partial charge on any atom is 0.322 e. The van der Waals surface area contributed by atoms with Gasteiger partial charge in [0.15, 0.2) is 5.82 Å². The first-order chi connectivity index (χ1) is 17.4. The standard InChI is InChI=1S/C28H30N6O2/c1-33(2)28(19-7-4-3-5-8-19)13-11-27(12-14-28)18-34(26(36)32-27)20-15-29-24(30-16-20)21-9-6-10-22-23(21)17-31-25(22)35/h3-10,15-16H,11-14,17-18H2,1-2H3,(H,31,35)(H,32,36). The number of amides is 3. The van der Waals surface area contributed by atoms with Gasteiger partial charge in [-0.15, -0.1) is 0 Å². The van der Waals surface area contributed by atoms with Gasteiger partial charge in [-0.05, 0) is 57.0 Å². The maximum absolute atomic E-state index is 13.1. The largest absolute Gasteiger partial charge is 0.348 e. The van der Waals surface area contributed by atoms with Crippen LogP contribution in [0.25, 0.3) is 11.4 Å². The predicted octanol–water partition coefficient (Wildman–Crippen LogP) is 3.69. The van der Waals surface area contributed by atoms with Crippen molar-refractivity contribution in [2.45, 2.75) is 43.3 Å². The zero-order valence-corrected chi connectivity index (χ0v) is 20.6. The first-order valence-electron chi connectivity index (χ1n) is 12.5. The fraction of sp³-hybridized carbons (Fsp3) is 0.357. The highest BCUT2D eigenvalue weighted by Crippen LogP contribution is 2.46. The van der Waals surface area contributed by atoms with Gasteiger partial charge in [-0.3, -0.25) is 14.6 Å². The van der Waals surface area contributed by atoms with Crippen molar-refractivity contribution in [3.8, 4) is 11.4 Å². The van der Waals surface area contributed by atoms with Crippen LogP contribution in [0, 0.1) is 0 Å². The Labute approximate surface area is 210 Å². The van der Waals surface area contributed by atoms with Gasteiger partial charge >= 0.3 is 6.03 Å². The molecule has 1 aromatic heterocycles. The molecule has 3 aromatic rings. The smallest absolute Gasteiger partial charge is 0.322 e. The summed E-state index contributed by atoms with van der Waals surface area (Å²) in [6.07, 6.45) is 7.17. The molecule has 2 N–H and O–H groups in total. The van der Waals surface area contributed by atoms with E-state index in [1.165, 1.54) is 5.56 Å². The van der Waals surface area contributed by atoms with Crippen LogP contribution in [0.4, 0.5) is 10.5 Å². The number of benzene rings is 2. The van der Waals surface area contributed by atoms with Crippen LogP contribution in [0.3, 0.4) is 0 Å². The number of nitrogens with zero attached hydrogens (tertiary/aromatic N) is 4. The fourth-order valence-corrected chi connectivity index (χ4v) is 6.15. The number of carbonyl (C=O) groups is 2. The van der Waals surface area contributed by atoms with Crippen molar-refractivity contribution in [3.05, 3.63) is 77.6 Å². The maximum atomic E-state index is 13.1. The average Bonchev–Trinajstić information content (AvgIpc) is 3.44. The van der Waals surface area contributed by atoms with Crippen LogP contribution in [0.1, 0.15) is 47.2 Å². The van der Waals surface area contributed by atoms with E-state index in [4.69, 9.17) is 0 Å². The van der Waals surface area contributed by atoms with Gasteiger partial charge in [-0.1, -0.05) is 42.5 Å². The SMILES string of the molecule is CN(C)C1(c2ccccc2)CCC2(CC1)CN(c1cnc(-c3cccc4c3CNC4=O)nc1)C(=O)N2. The van der Waals surface area contributed by atoms with Crippen molar-refractivity contribution in [3.63, 3.8) is 0 Å². The van der Waals surface area contributed by atoms with Crippen molar-refractivity contribution in [2.24, 2.45) is 0 Å². The second-order valence-electron chi connectivity index (χ2n) is 10.4. The third-order valence-electron chi connectivity index (χ3n) is 8.32.